The number of pyridine rings is 1. The molecule has 0 unspecified atom stereocenters. The van der Waals surface area contributed by atoms with Gasteiger partial charge in [0.15, 0.2) is 0 Å². The zero-order valence-corrected chi connectivity index (χ0v) is 17.1. The number of amides is 1. The van der Waals surface area contributed by atoms with E-state index in [9.17, 15) is 35.5 Å². The van der Waals surface area contributed by atoms with Gasteiger partial charge in [0.25, 0.3) is 5.91 Å². The fraction of sp³-hybridized carbons (Fsp3) is 0.182. The molecule has 0 bridgehead atoms. The highest BCUT2D eigenvalue weighted by molar-refractivity contribution is 6.08. The lowest BCUT2D eigenvalue weighted by atomic mass is 10.0. The molecule has 0 atom stereocenters. The second kappa shape index (κ2) is 8.72. The maximum absolute atomic E-state index is 13.6. The number of anilines is 1. The van der Waals surface area contributed by atoms with Gasteiger partial charge >= 0.3 is 12.4 Å². The van der Waals surface area contributed by atoms with Crippen molar-refractivity contribution in [2.45, 2.75) is 12.4 Å². The molecule has 0 aliphatic rings. The van der Waals surface area contributed by atoms with Gasteiger partial charge in [0.1, 0.15) is 11.6 Å². The SMILES string of the molecule is COc1cc(F)ccc1-c1ccncc1N(C)C(=O)c1cc(C(F)(F)F)cc(C(F)(F)F)c1. The first kappa shape index (κ1) is 24.0. The topological polar surface area (TPSA) is 42.4 Å². The Balaban J connectivity index is 2.12. The van der Waals surface area contributed by atoms with Crippen LogP contribution in [-0.2, 0) is 12.4 Å². The number of alkyl halides is 6. The number of carbonyl (C=O) groups excluding carboxylic acids is 1. The van der Waals surface area contributed by atoms with E-state index in [1.165, 1.54) is 38.7 Å². The Labute approximate surface area is 183 Å². The molecule has 0 aliphatic carbocycles. The van der Waals surface area contributed by atoms with Crippen LogP contribution in [0.2, 0.25) is 0 Å². The van der Waals surface area contributed by atoms with Crippen LogP contribution in [0.15, 0.2) is 54.9 Å². The number of hydrogen-bond donors (Lipinski definition) is 0. The molecule has 0 saturated heterocycles. The van der Waals surface area contributed by atoms with Crippen molar-refractivity contribution in [2.75, 3.05) is 19.1 Å². The van der Waals surface area contributed by atoms with Gasteiger partial charge in [-0.25, -0.2) is 4.39 Å². The monoisotopic (exact) mass is 472 g/mol. The van der Waals surface area contributed by atoms with Crippen LogP contribution >= 0.6 is 0 Å². The van der Waals surface area contributed by atoms with Gasteiger partial charge < -0.3 is 9.64 Å². The number of carbonyl (C=O) groups is 1. The largest absolute Gasteiger partial charge is 0.496 e. The van der Waals surface area contributed by atoms with E-state index in [2.05, 4.69) is 4.98 Å². The van der Waals surface area contributed by atoms with Gasteiger partial charge in [-0.15, -0.1) is 0 Å². The second-order valence-corrected chi connectivity index (χ2v) is 6.90. The number of benzene rings is 2. The van der Waals surface area contributed by atoms with Gasteiger partial charge in [-0.3, -0.25) is 9.78 Å². The number of nitrogens with zero attached hydrogens (tertiary/aromatic N) is 2. The number of aromatic nitrogens is 1. The zero-order chi connectivity index (χ0) is 24.6. The summed E-state index contributed by atoms with van der Waals surface area (Å²) in [7, 11) is 2.46. The maximum Gasteiger partial charge on any atom is 0.416 e. The van der Waals surface area contributed by atoms with E-state index < -0.39 is 40.8 Å². The van der Waals surface area contributed by atoms with Crippen molar-refractivity contribution < 1.29 is 40.3 Å². The first-order chi connectivity index (χ1) is 15.3. The van der Waals surface area contributed by atoms with Crippen molar-refractivity contribution in [1.82, 2.24) is 4.98 Å². The lowest BCUT2D eigenvalue weighted by molar-refractivity contribution is -0.143. The molecule has 3 rings (SSSR count). The third-order valence-electron chi connectivity index (χ3n) is 4.75. The fourth-order valence-corrected chi connectivity index (χ4v) is 3.15. The van der Waals surface area contributed by atoms with Crippen molar-refractivity contribution in [3.05, 3.63) is 77.4 Å². The Morgan fingerprint density at radius 3 is 2.06 bits per heavy atom. The maximum atomic E-state index is 13.6. The van der Waals surface area contributed by atoms with Crippen LogP contribution in [0.4, 0.5) is 36.4 Å². The summed E-state index contributed by atoms with van der Waals surface area (Å²) in [6.07, 6.45) is -7.65. The van der Waals surface area contributed by atoms with Crippen LogP contribution in [0.1, 0.15) is 21.5 Å². The highest BCUT2D eigenvalue weighted by Gasteiger charge is 2.38. The molecule has 4 nitrogen and oxygen atoms in total. The van der Waals surface area contributed by atoms with Gasteiger partial charge in [-0.1, -0.05) is 0 Å². The predicted molar refractivity (Wildman–Crippen MR) is 105 cm³/mol. The summed E-state index contributed by atoms with van der Waals surface area (Å²) in [4.78, 5) is 17.7. The van der Waals surface area contributed by atoms with Crippen LogP contribution in [0.5, 0.6) is 5.75 Å². The van der Waals surface area contributed by atoms with E-state index in [1.807, 2.05) is 0 Å². The number of rotatable bonds is 4. The Morgan fingerprint density at radius 2 is 1.52 bits per heavy atom. The first-order valence-electron chi connectivity index (χ1n) is 9.18. The molecule has 1 amide bonds. The summed E-state index contributed by atoms with van der Waals surface area (Å²) in [6, 6.07) is 5.66. The van der Waals surface area contributed by atoms with Crippen molar-refractivity contribution in [3.8, 4) is 16.9 Å². The number of ether oxygens (including phenoxy) is 1. The van der Waals surface area contributed by atoms with E-state index in [0.717, 1.165) is 17.0 Å². The van der Waals surface area contributed by atoms with Crippen molar-refractivity contribution in [1.29, 1.82) is 0 Å². The Bertz CT molecular complexity index is 1160. The fourth-order valence-electron chi connectivity index (χ4n) is 3.15. The molecule has 3 aromatic rings. The minimum Gasteiger partial charge on any atom is -0.496 e. The average molecular weight is 472 g/mol. The van der Waals surface area contributed by atoms with E-state index in [0.29, 0.717) is 23.3 Å². The first-order valence-corrected chi connectivity index (χ1v) is 9.18. The predicted octanol–water partition coefficient (Wildman–Crippen LogP) is 6.21. The molecule has 0 spiro atoms. The van der Waals surface area contributed by atoms with E-state index in [-0.39, 0.29) is 17.5 Å². The molecule has 0 radical (unpaired) electrons. The Hall–Kier alpha value is -3.63. The summed E-state index contributed by atoms with van der Waals surface area (Å²) in [5.74, 6) is -1.64. The molecule has 11 heteroatoms. The van der Waals surface area contributed by atoms with E-state index >= 15 is 0 Å². The minimum absolute atomic E-state index is 0.0541. The Kier molecular flexibility index (Phi) is 6.35. The van der Waals surface area contributed by atoms with Gasteiger partial charge in [0, 0.05) is 36.0 Å². The van der Waals surface area contributed by atoms with Crippen LogP contribution < -0.4 is 9.64 Å². The summed E-state index contributed by atoms with van der Waals surface area (Å²) >= 11 is 0. The lowest BCUT2D eigenvalue weighted by Gasteiger charge is -2.22. The summed E-state index contributed by atoms with van der Waals surface area (Å²) in [5, 5.41) is 0. The molecular weight excluding hydrogens is 457 g/mol. The third kappa shape index (κ3) is 5.07. The molecule has 1 aromatic heterocycles. The minimum atomic E-state index is -5.10. The smallest absolute Gasteiger partial charge is 0.416 e. The molecule has 0 fully saturated rings. The number of methoxy groups -OCH3 is 1. The summed E-state index contributed by atoms with van der Waals surface area (Å²) < 4.78 is 97.8. The Morgan fingerprint density at radius 1 is 0.909 bits per heavy atom. The molecule has 1 heterocycles. The summed E-state index contributed by atoms with van der Waals surface area (Å²) in [6.45, 7) is 0. The molecular formula is C22H15F7N2O2. The lowest BCUT2D eigenvalue weighted by Crippen LogP contribution is -2.28. The van der Waals surface area contributed by atoms with Gasteiger partial charge in [0.05, 0.1) is 30.1 Å². The standard InChI is InChI=1S/C22H15F7N2O2/c1-31(18-11-30-6-5-16(18)17-4-3-15(23)10-19(17)33-2)20(32)12-7-13(21(24,25)26)9-14(8-12)22(27,28)29/h3-11H,1-2H3. The van der Waals surface area contributed by atoms with Crippen molar-refractivity contribution in [3.63, 3.8) is 0 Å². The van der Waals surface area contributed by atoms with Gasteiger partial charge in [0.2, 0.25) is 0 Å². The molecule has 33 heavy (non-hydrogen) atoms. The van der Waals surface area contributed by atoms with Crippen molar-refractivity contribution >= 4 is 11.6 Å². The molecule has 0 saturated carbocycles. The molecule has 174 valence electrons. The van der Waals surface area contributed by atoms with Crippen LogP contribution in [0.3, 0.4) is 0 Å². The van der Waals surface area contributed by atoms with Crippen LogP contribution in [0.25, 0.3) is 11.1 Å². The van der Waals surface area contributed by atoms with E-state index in [4.69, 9.17) is 4.74 Å². The highest BCUT2D eigenvalue weighted by atomic mass is 19.4. The average Bonchev–Trinajstić information content (AvgIpc) is 2.76. The quantitative estimate of drug-likeness (QED) is 0.424. The number of hydrogen-bond acceptors (Lipinski definition) is 3. The van der Waals surface area contributed by atoms with Crippen LogP contribution in [-0.4, -0.2) is 25.0 Å². The van der Waals surface area contributed by atoms with Crippen molar-refractivity contribution in [2.24, 2.45) is 0 Å². The normalized spacial score (nSPS) is 11.9. The second-order valence-electron chi connectivity index (χ2n) is 6.90. The molecule has 0 aliphatic heterocycles. The third-order valence-corrected chi connectivity index (χ3v) is 4.75. The zero-order valence-electron chi connectivity index (χ0n) is 17.1. The molecule has 2 aromatic carbocycles. The van der Waals surface area contributed by atoms with Crippen LogP contribution in [0, 0.1) is 5.82 Å². The molecule has 0 N–H and O–H groups in total. The number of halogens is 7. The van der Waals surface area contributed by atoms with Gasteiger partial charge in [-0.2, -0.15) is 26.3 Å². The summed E-state index contributed by atoms with van der Waals surface area (Å²) in [5.41, 5.74) is -3.36. The highest BCUT2D eigenvalue weighted by Crippen LogP contribution is 2.39. The van der Waals surface area contributed by atoms with E-state index in [1.54, 1.807) is 0 Å². The van der Waals surface area contributed by atoms with Gasteiger partial charge in [-0.05, 0) is 36.4 Å².